The molecule has 0 bridgehead atoms. The van der Waals surface area contributed by atoms with E-state index in [-0.39, 0.29) is 5.82 Å². The van der Waals surface area contributed by atoms with Crippen LogP contribution in [0.25, 0.3) is 16.6 Å². The van der Waals surface area contributed by atoms with Gasteiger partial charge in [0.15, 0.2) is 0 Å². The van der Waals surface area contributed by atoms with Crippen LogP contribution < -0.4 is 0 Å². The van der Waals surface area contributed by atoms with E-state index in [1.54, 1.807) is 29.9 Å². The lowest BCUT2D eigenvalue weighted by Gasteiger charge is -2.43. The van der Waals surface area contributed by atoms with Crippen molar-refractivity contribution in [2.45, 2.75) is 19.3 Å². The molecular formula is C25H23FN2O3. The number of aliphatic hydroxyl groups excluding tert-OH is 1. The first-order chi connectivity index (χ1) is 14.8. The normalized spacial score (nSPS) is 15.4. The van der Waals surface area contributed by atoms with Crippen LogP contribution in [0.3, 0.4) is 0 Å². The Morgan fingerprint density at radius 3 is 2.29 bits per heavy atom. The van der Waals surface area contributed by atoms with Gasteiger partial charge in [-0.25, -0.2) is 9.07 Å². The van der Waals surface area contributed by atoms with Gasteiger partial charge in [0.1, 0.15) is 11.2 Å². The molecule has 2 N–H and O–H groups in total. The lowest BCUT2D eigenvalue weighted by Crippen LogP contribution is -2.50. The molecule has 2 atom stereocenters. The van der Waals surface area contributed by atoms with Gasteiger partial charge in [0, 0.05) is 10.8 Å². The van der Waals surface area contributed by atoms with Gasteiger partial charge in [0.25, 0.3) is 0 Å². The molecule has 5 nitrogen and oxygen atoms in total. The lowest BCUT2D eigenvalue weighted by atomic mass is 9.58. The SMILES string of the molecule is CC(CO)(C(=O)O)C(C)(c1ccccc1)c1ccc2c(cnn2-c2ccc(F)cc2)c1. The van der Waals surface area contributed by atoms with Gasteiger partial charge in [-0.3, -0.25) is 4.79 Å². The summed E-state index contributed by atoms with van der Waals surface area (Å²) in [4.78, 5) is 12.3. The van der Waals surface area contributed by atoms with E-state index in [0.29, 0.717) is 0 Å². The lowest BCUT2D eigenvalue weighted by molar-refractivity contribution is -0.154. The molecule has 0 saturated heterocycles. The zero-order chi connectivity index (χ0) is 22.2. The van der Waals surface area contributed by atoms with E-state index in [9.17, 15) is 19.4 Å². The second-order valence-corrected chi connectivity index (χ2v) is 8.09. The summed E-state index contributed by atoms with van der Waals surface area (Å²) in [6.45, 7) is 2.88. The highest BCUT2D eigenvalue weighted by Crippen LogP contribution is 2.47. The number of hydrogen-bond acceptors (Lipinski definition) is 3. The highest BCUT2D eigenvalue weighted by atomic mass is 19.1. The molecule has 0 aliphatic rings. The number of carboxylic acid groups (broad SMARTS) is 1. The molecule has 6 heteroatoms. The topological polar surface area (TPSA) is 75.3 Å². The van der Waals surface area contributed by atoms with Crippen molar-refractivity contribution in [2.75, 3.05) is 6.61 Å². The Morgan fingerprint density at radius 1 is 1.00 bits per heavy atom. The van der Waals surface area contributed by atoms with Gasteiger partial charge in [0.2, 0.25) is 0 Å². The van der Waals surface area contributed by atoms with Crippen molar-refractivity contribution >= 4 is 16.9 Å². The van der Waals surface area contributed by atoms with Crippen molar-refractivity contribution in [3.8, 4) is 5.69 Å². The smallest absolute Gasteiger partial charge is 0.312 e. The molecule has 31 heavy (non-hydrogen) atoms. The Hall–Kier alpha value is -3.51. The molecule has 2 unspecified atom stereocenters. The third kappa shape index (κ3) is 3.20. The first-order valence-corrected chi connectivity index (χ1v) is 9.95. The van der Waals surface area contributed by atoms with E-state index >= 15 is 0 Å². The Balaban J connectivity index is 1.91. The summed E-state index contributed by atoms with van der Waals surface area (Å²) in [7, 11) is 0. The number of hydrogen-bond donors (Lipinski definition) is 2. The number of aliphatic hydroxyl groups is 1. The molecule has 0 saturated carbocycles. The van der Waals surface area contributed by atoms with E-state index in [1.807, 2.05) is 55.5 Å². The summed E-state index contributed by atoms with van der Waals surface area (Å²) in [5, 5.41) is 25.5. The summed E-state index contributed by atoms with van der Waals surface area (Å²) in [6, 6.07) is 21.1. The van der Waals surface area contributed by atoms with Crippen LogP contribution in [0.2, 0.25) is 0 Å². The highest BCUT2D eigenvalue weighted by molar-refractivity contribution is 5.83. The Morgan fingerprint density at radius 2 is 1.68 bits per heavy atom. The van der Waals surface area contributed by atoms with Gasteiger partial charge >= 0.3 is 5.97 Å². The average Bonchev–Trinajstić information content (AvgIpc) is 3.22. The number of carboxylic acids is 1. The molecule has 4 rings (SSSR count). The van der Waals surface area contributed by atoms with E-state index in [0.717, 1.165) is 27.7 Å². The number of nitrogens with zero attached hydrogens (tertiary/aromatic N) is 2. The number of aromatic nitrogens is 2. The first-order valence-electron chi connectivity index (χ1n) is 9.95. The number of benzene rings is 3. The average molecular weight is 418 g/mol. The first kappa shape index (κ1) is 20.8. The second-order valence-electron chi connectivity index (χ2n) is 8.09. The van der Waals surface area contributed by atoms with Crippen molar-refractivity contribution in [3.05, 3.63) is 95.9 Å². The molecule has 0 amide bonds. The Kier molecular flexibility index (Phi) is 5.11. The predicted octanol–water partition coefficient (Wildman–Crippen LogP) is 4.55. The van der Waals surface area contributed by atoms with Gasteiger partial charge in [-0.2, -0.15) is 5.10 Å². The molecule has 0 aliphatic heterocycles. The highest BCUT2D eigenvalue weighted by Gasteiger charge is 2.52. The summed E-state index contributed by atoms with van der Waals surface area (Å²) in [5.74, 6) is -1.40. The Bertz CT molecular complexity index is 1240. The number of carbonyl (C=O) groups is 1. The van der Waals surface area contributed by atoms with Crippen LogP contribution in [-0.4, -0.2) is 32.6 Å². The quantitative estimate of drug-likeness (QED) is 0.482. The molecule has 4 aromatic rings. The fourth-order valence-corrected chi connectivity index (χ4v) is 4.15. The minimum Gasteiger partial charge on any atom is -0.481 e. The predicted molar refractivity (Wildman–Crippen MR) is 117 cm³/mol. The van der Waals surface area contributed by atoms with Crippen molar-refractivity contribution in [1.82, 2.24) is 9.78 Å². The van der Waals surface area contributed by atoms with Crippen LogP contribution >= 0.6 is 0 Å². The monoisotopic (exact) mass is 418 g/mol. The molecule has 158 valence electrons. The molecule has 0 aliphatic carbocycles. The second kappa shape index (κ2) is 7.63. The molecule has 1 aromatic heterocycles. The van der Waals surface area contributed by atoms with Crippen molar-refractivity contribution in [1.29, 1.82) is 0 Å². The summed E-state index contributed by atoms with van der Waals surface area (Å²) >= 11 is 0. The van der Waals surface area contributed by atoms with Gasteiger partial charge in [-0.1, -0.05) is 43.3 Å². The third-order valence-electron chi connectivity index (χ3n) is 6.46. The number of fused-ring (bicyclic) bond motifs is 1. The van der Waals surface area contributed by atoms with E-state index in [2.05, 4.69) is 5.10 Å². The Labute approximate surface area is 179 Å². The van der Waals surface area contributed by atoms with Crippen LogP contribution in [0.15, 0.2) is 79.0 Å². The van der Waals surface area contributed by atoms with Gasteiger partial charge in [0.05, 0.1) is 24.0 Å². The number of aliphatic carboxylic acids is 1. The maximum atomic E-state index is 13.3. The van der Waals surface area contributed by atoms with E-state index in [4.69, 9.17) is 0 Å². The van der Waals surface area contributed by atoms with Gasteiger partial charge < -0.3 is 10.2 Å². The fourth-order valence-electron chi connectivity index (χ4n) is 4.15. The van der Waals surface area contributed by atoms with Crippen molar-refractivity contribution < 1.29 is 19.4 Å². The minimum absolute atomic E-state index is 0.321. The molecule has 3 aromatic carbocycles. The molecule has 0 fully saturated rings. The van der Waals surface area contributed by atoms with Crippen LogP contribution in [0, 0.1) is 11.2 Å². The van der Waals surface area contributed by atoms with Crippen LogP contribution in [0.5, 0.6) is 0 Å². The number of halogens is 1. The van der Waals surface area contributed by atoms with Crippen LogP contribution in [-0.2, 0) is 10.2 Å². The zero-order valence-electron chi connectivity index (χ0n) is 17.3. The van der Waals surface area contributed by atoms with Gasteiger partial charge in [-0.15, -0.1) is 0 Å². The summed E-state index contributed by atoms with van der Waals surface area (Å²) in [6.07, 6.45) is 1.70. The third-order valence-corrected chi connectivity index (χ3v) is 6.46. The molecule has 1 heterocycles. The maximum Gasteiger partial charge on any atom is 0.312 e. The fraction of sp³-hybridized carbons (Fsp3) is 0.200. The zero-order valence-corrected chi connectivity index (χ0v) is 17.3. The largest absolute Gasteiger partial charge is 0.481 e. The molecular weight excluding hydrogens is 395 g/mol. The van der Waals surface area contributed by atoms with Crippen LogP contribution in [0.1, 0.15) is 25.0 Å². The van der Waals surface area contributed by atoms with Crippen molar-refractivity contribution in [3.63, 3.8) is 0 Å². The number of rotatable bonds is 6. The summed E-state index contributed by atoms with van der Waals surface area (Å²) < 4.78 is 15.0. The molecule has 0 radical (unpaired) electrons. The maximum absolute atomic E-state index is 13.3. The summed E-state index contributed by atoms with van der Waals surface area (Å²) in [5.41, 5.74) is 0.603. The van der Waals surface area contributed by atoms with Crippen LogP contribution in [0.4, 0.5) is 4.39 Å². The van der Waals surface area contributed by atoms with E-state index < -0.39 is 23.4 Å². The standard InChI is InChI=1S/C25H23FN2O3/c1-24(16-29,23(30)31)25(2,18-6-4-3-5-7-18)19-8-13-22-17(14-19)15-27-28(22)21-11-9-20(26)10-12-21/h3-15,29H,16H2,1-2H3,(H,30,31). The minimum atomic E-state index is -1.46. The molecule has 0 spiro atoms. The van der Waals surface area contributed by atoms with Crippen molar-refractivity contribution in [2.24, 2.45) is 5.41 Å². The van der Waals surface area contributed by atoms with Gasteiger partial charge in [-0.05, 0) is 54.4 Å². The van der Waals surface area contributed by atoms with E-state index in [1.165, 1.54) is 12.1 Å².